The van der Waals surface area contributed by atoms with Gasteiger partial charge in [0.05, 0.1) is 6.54 Å². The van der Waals surface area contributed by atoms with Crippen LogP contribution in [0.15, 0.2) is 65.8 Å². The fourth-order valence-corrected chi connectivity index (χ4v) is 3.38. The Kier molecular flexibility index (Phi) is 5.93. The Morgan fingerprint density at radius 2 is 1.73 bits per heavy atom. The molecule has 1 N–H and O–H groups in total. The number of rotatable bonds is 5. The van der Waals surface area contributed by atoms with Crippen LogP contribution in [-0.4, -0.2) is 35.7 Å². The molecule has 0 radical (unpaired) electrons. The minimum absolute atomic E-state index is 0.238. The zero-order valence-corrected chi connectivity index (χ0v) is 14.6. The Hall–Kier alpha value is -2.77. The van der Waals surface area contributed by atoms with E-state index in [1.165, 1.54) is 0 Å². The maximum absolute atomic E-state index is 11.4. The Labute approximate surface area is 153 Å². The van der Waals surface area contributed by atoms with Crippen molar-refractivity contribution in [1.29, 1.82) is 0 Å². The van der Waals surface area contributed by atoms with Crippen molar-refractivity contribution in [3.63, 3.8) is 0 Å². The highest BCUT2D eigenvalue weighted by Crippen LogP contribution is 2.28. The van der Waals surface area contributed by atoms with Crippen LogP contribution in [0.4, 0.5) is 0 Å². The van der Waals surface area contributed by atoms with E-state index in [0.29, 0.717) is 13.1 Å². The topological polar surface area (TPSA) is 72.2 Å². The van der Waals surface area contributed by atoms with E-state index >= 15 is 0 Å². The quantitative estimate of drug-likeness (QED) is 0.388. The fourth-order valence-electron chi connectivity index (χ4n) is 3.38. The van der Waals surface area contributed by atoms with Gasteiger partial charge in [-0.2, -0.15) is 0 Å². The van der Waals surface area contributed by atoms with Crippen molar-refractivity contribution >= 4 is 0 Å². The molecule has 0 aliphatic carbocycles. The maximum atomic E-state index is 11.4. The molecule has 1 atom stereocenters. The van der Waals surface area contributed by atoms with Crippen LogP contribution in [-0.2, 0) is 5.60 Å². The van der Waals surface area contributed by atoms with Gasteiger partial charge >= 0.3 is 0 Å². The molecule has 0 amide bonds. The van der Waals surface area contributed by atoms with E-state index in [9.17, 15) is 5.11 Å². The van der Waals surface area contributed by atoms with Gasteiger partial charge in [-0.25, -0.2) is 0 Å². The molecule has 2 aromatic carbocycles. The van der Waals surface area contributed by atoms with E-state index in [-0.39, 0.29) is 6.04 Å². The largest absolute Gasteiger partial charge is 0.369 e. The van der Waals surface area contributed by atoms with Crippen LogP contribution in [0.5, 0.6) is 0 Å². The monoisotopic (exact) mass is 346 g/mol. The molecule has 1 saturated heterocycles. The highest BCUT2D eigenvalue weighted by Gasteiger charge is 2.29. The summed E-state index contributed by atoms with van der Waals surface area (Å²) in [5.74, 6) is 6.26. The Morgan fingerprint density at radius 1 is 1.12 bits per heavy atom. The number of aliphatic hydroxyl groups is 1. The van der Waals surface area contributed by atoms with Gasteiger partial charge in [-0.15, -0.1) is 0 Å². The second-order valence-corrected chi connectivity index (χ2v) is 6.42. The lowest BCUT2D eigenvalue weighted by molar-refractivity contribution is 0.145. The van der Waals surface area contributed by atoms with E-state index in [1.807, 2.05) is 60.7 Å². The van der Waals surface area contributed by atoms with E-state index in [2.05, 4.69) is 26.8 Å². The molecule has 1 heterocycles. The van der Waals surface area contributed by atoms with Crippen molar-refractivity contribution in [3.05, 3.63) is 82.2 Å². The van der Waals surface area contributed by atoms with Crippen LogP contribution < -0.4 is 0 Å². The summed E-state index contributed by atoms with van der Waals surface area (Å²) in [6.45, 7) is 1.96. The molecule has 26 heavy (non-hydrogen) atoms. The molecular formula is C21H22N4O. The zero-order chi connectivity index (χ0) is 18.2. The van der Waals surface area contributed by atoms with E-state index in [1.54, 1.807) is 0 Å². The van der Waals surface area contributed by atoms with Gasteiger partial charge in [-0.1, -0.05) is 77.6 Å². The van der Waals surface area contributed by atoms with Gasteiger partial charge in [0.1, 0.15) is 0 Å². The molecule has 3 rings (SSSR count). The zero-order valence-electron chi connectivity index (χ0n) is 14.6. The summed E-state index contributed by atoms with van der Waals surface area (Å²) in [4.78, 5) is 5.08. The first-order valence-corrected chi connectivity index (χ1v) is 8.82. The van der Waals surface area contributed by atoms with Crippen LogP contribution in [0.3, 0.4) is 0 Å². The van der Waals surface area contributed by atoms with Crippen LogP contribution in [0, 0.1) is 11.8 Å². The SMILES string of the molecule is [N-]=[N+]=NC[C@@H]1CCCN1CC#CC(O)(c1ccccc1)c1ccccc1. The first kappa shape index (κ1) is 18.0. The molecule has 0 unspecified atom stereocenters. The summed E-state index contributed by atoms with van der Waals surface area (Å²) in [6.07, 6.45) is 2.09. The third-order valence-electron chi connectivity index (χ3n) is 4.79. The minimum atomic E-state index is -1.34. The normalized spacial score (nSPS) is 17.2. The van der Waals surface area contributed by atoms with Crippen LogP contribution in [0.2, 0.25) is 0 Å². The molecule has 2 aromatic rings. The number of likely N-dealkylation sites (tertiary alicyclic amines) is 1. The summed E-state index contributed by atoms with van der Waals surface area (Å²) in [7, 11) is 0. The average molecular weight is 346 g/mol. The van der Waals surface area contributed by atoms with Crippen LogP contribution in [0.25, 0.3) is 10.4 Å². The first-order valence-electron chi connectivity index (χ1n) is 8.82. The van der Waals surface area contributed by atoms with Gasteiger partial charge in [0.15, 0.2) is 5.60 Å². The smallest absolute Gasteiger partial charge is 0.176 e. The third-order valence-corrected chi connectivity index (χ3v) is 4.79. The molecule has 5 nitrogen and oxygen atoms in total. The van der Waals surface area contributed by atoms with Gasteiger partial charge in [0, 0.05) is 28.6 Å². The summed E-state index contributed by atoms with van der Waals surface area (Å²) >= 11 is 0. The standard InChI is InChI=1S/C21H22N4O/c22-24-23-17-20-13-7-15-25(20)16-8-14-21(26,18-9-3-1-4-10-18)19-11-5-2-6-12-19/h1-6,9-12,20,26H,7,13,15-17H2/t20-/m0/s1. The van der Waals surface area contributed by atoms with Crippen molar-refractivity contribution in [2.45, 2.75) is 24.5 Å². The van der Waals surface area contributed by atoms with Crippen molar-refractivity contribution in [1.82, 2.24) is 4.90 Å². The molecule has 1 aliphatic heterocycles. The van der Waals surface area contributed by atoms with Gasteiger partial charge in [0.25, 0.3) is 0 Å². The lowest BCUT2D eigenvalue weighted by atomic mass is 9.87. The van der Waals surface area contributed by atoms with Gasteiger partial charge in [0.2, 0.25) is 0 Å². The molecule has 0 bridgehead atoms. The molecular weight excluding hydrogens is 324 g/mol. The third kappa shape index (κ3) is 4.07. The average Bonchev–Trinajstić information content (AvgIpc) is 3.15. The highest BCUT2D eigenvalue weighted by molar-refractivity contribution is 5.44. The Balaban J connectivity index is 1.84. The summed E-state index contributed by atoms with van der Waals surface area (Å²) in [5, 5.41) is 15.1. The van der Waals surface area contributed by atoms with Gasteiger partial charge < -0.3 is 5.11 Å². The van der Waals surface area contributed by atoms with Gasteiger partial charge in [-0.3, -0.25) is 4.90 Å². The molecule has 132 valence electrons. The molecule has 0 aromatic heterocycles. The minimum Gasteiger partial charge on any atom is -0.369 e. The number of nitrogens with zero attached hydrogens (tertiary/aromatic N) is 4. The molecule has 0 saturated carbocycles. The summed E-state index contributed by atoms with van der Waals surface area (Å²) in [5.41, 5.74) is 8.69. The van der Waals surface area contributed by atoms with Crippen molar-refractivity contribution in [3.8, 4) is 11.8 Å². The number of hydrogen-bond acceptors (Lipinski definition) is 3. The van der Waals surface area contributed by atoms with E-state index in [4.69, 9.17) is 5.53 Å². The molecule has 1 fully saturated rings. The molecule has 0 spiro atoms. The van der Waals surface area contributed by atoms with Crippen LogP contribution in [0.1, 0.15) is 24.0 Å². The lowest BCUT2D eigenvalue weighted by Crippen LogP contribution is -2.32. The molecule has 5 heteroatoms. The molecule has 1 aliphatic rings. The first-order chi connectivity index (χ1) is 12.7. The summed E-state index contributed by atoms with van der Waals surface area (Å²) in [6, 6.07) is 19.3. The van der Waals surface area contributed by atoms with Crippen LogP contribution >= 0.6 is 0 Å². The summed E-state index contributed by atoms with van der Waals surface area (Å²) < 4.78 is 0. The number of azide groups is 1. The van der Waals surface area contributed by atoms with E-state index in [0.717, 1.165) is 30.5 Å². The fraction of sp³-hybridized carbons (Fsp3) is 0.333. The Bertz CT molecular complexity index is 780. The van der Waals surface area contributed by atoms with Gasteiger partial charge in [-0.05, 0) is 24.9 Å². The second-order valence-electron chi connectivity index (χ2n) is 6.42. The predicted molar refractivity (Wildman–Crippen MR) is 102 cm³/mol. The number of hydrogen-bond donors (Lipinski definition) is 1. The Morgan fingerprint density at radius 3 is 2.31 bits per heavy atom. The maximum Gasteiger partial charge on any atom is 0.176 e. The van der Waals surface area contributed by atoms with Crippen molar-refractivity contribution < 1.29 is 5.11 Å². The second kappa shape index (κ2) is 8.55. The number of benzene rings is 2. The lowest BCUT2D eigenvalue weighted by Gasteiger charge is -2.24. The predicted octanol–water partition coefficient (Wildman–Crippen LogP) is 3.70. The van der Waals surface area contributed by atoms with Crippen molar-refractivity contribution in [2.75, 3.05) is 19.6 Å². The van der Waals surface area contributed by atoms with E-state index < -0.39 is 5.60 Å². The van der Waals surface area contributed by atoms with Crippen molar-refractivity contribution in [2.24, 2.45) is 5.11 Å². The highest BCUT2D eigenvalue weighted by atomic mass is 16.3.